The van der Waals surface area contributed by atoms with Crippen molar-refractivity contribution in [1.29, 1.82) is 0 Å². The molecule has 1 aromatic heterocycles. The van der Waals surface area contributed by atoms with Gasteiger partial charge >= 0.3 is 0 Å². The van der Waals surface area contributed by atoms with E-state index in [1.54, 1.807) is 4.57 Å². The Labute approximate surface area is 130 Å². The van der Waals surface area contributed by atoms with Crippen LogP contribution in [0, 0.1) is 6.92 Å². The molecule has 0 aliphatic carbocycles. The largest absolute Gasteiger partial charge is 0.268 e. The van der Waals surface area contributed by atoms with E-state index in [0.717, 1.165) is 36.3 Å². The molecule has 22 heavy (non-hydrogen) atoms. The number of unbranched alkanes of at least 4 members (excludes halogenated alkanes) is 1. The highest BCUT2D eigenvalue weighted by Crippen LogP contribution is 2.15. The molecule has 3 heteroatoms. The van der Waals surface area contributed by atoms with E-state index in [1.807, 2.05) is 55.5 Å². The van der Waals surface area contributed by atoms with E-state index in [-0.39, 0.29) is 5.56 Å². The molecule has 0 spiro atoms. The van der Waals surface area contributed by atoms with Gasteiger partial charge in [0.1, 0.15) is 5.82 Å². The second kappa shape index (κ2) is 6.14. The van der Waals surface area contributed by atoms with Crippen LogP contribution in [0.1, 0.15) is 31.2 Å². The number of nitrogens with zero attached hydrogens (tertiary/aromatic N) is 2. The van der Waals surface area contributed by atoms with Crippen LogP contribution in [0.25, 0.3) is 16.6 Å². The van der Waals surface area contributed by atoms with Crippen molar-refractivity contribution >= 4 is 10.9 Å². The number of aromatic nitrogens is 2. The third-order valence-electron chi connectivity index (χ3n) is 3.89. The van der Waals surface area contributed by atoms with Crippen molar-refractivity contribution in [3.8, 4) is 5.69 Å². The summed E-state index contributed by atoms with van der Waals surface area (Å²) in [5.74, 6) is 0.842. The second-order valence-corrected chi connectivity index (χ2v) is 5.62. The van der Waals surface area contributed by atoms with Gasteiger partial charge in [0.25, 0.3) is 5.56 Å². The lowest BCUT2D eigenvalue weighted by molar-refractivity contribution is 0.720. The Bertz CT molecular complexity index is 847. The molecule has 0 amide bonds. The Morgan fingerprint density at radius 2 is 1.77 bits per heavy atom. The molecule has 0 aliphatic rings. The predicted octanol–water partition coefficient (Wildman–Crippen LogP) is 4.04. The summed E-state index contributed by atoms with van der Waals surface area (Å²) in [6.07, 6.45) is 2.91. The lowest BCUT2D eigenvalue weighted by Gasteiger charge is -2.13. The number of rotatable bonds is 4. The minimum absolute atomic E-state index is 0.0144. The number of hydrogen-bond acceptors (Lipinski definition) is 2. The van der Waals surface area contributed by atoms with Crippen LogP contribution in [-0.2, 0) is 6.42 Å². The molecule has 0 atom stereocenters. The molecule has 0 radical (unpaired) electrons. The fourth-order valence-corrected chi connectivity index (χ4v) is 2.64. The van der Waals surface area contributed by atoms with Crippen molar-refractivity contribution in [2.45, 2.75) is 33.1 Å². The summed E-state index contributed by atoms with van der Waals surface area (Å²) in [5, 5.41) is 0.670. The Morgan fingerprint density at radius 1 is 1.05 bits per heavy atom. The molecule has 0 bridgehead atoms. The molecule has 0 fully saturated rings. The summed E-state index contributed by atoms with van der Waals surface area (Å²) in [6.45, 7) is 4.19. The first-order chi connectivity index (χ1) is 10.7. The van der Waals surface area contributed by atoms with Crippen molar-refractivity contribution < 1.29 is 0 Å². The monoisotopic (exact) mass is 292 g/mol. The first-order valence-electron chi connectivity index (χ1n) is 7.78. The molecule has 112 valence electrons. The normalized spacial score (nSPS) is 11.0. The maximum atomic E-state index is 12.9. The minimum atomic E-state index is 0.0144. The van der Waals surface area contributed by atoms with Crippen LogP contribution in [-0.4, -0.2) is 9.55 Å². The van der Waals surface area contributed by atoms with Crippen LogP contribution in [0.5, 0.6) is 0 Å². The van der Waals surface area contributed by atoms with Crippen LogP contribution in [0.15, 0.2) is 53.3 Å². The molecular formula is C19H20N2O. The fourth-order valence-electron chi connectivity index (χ4n) is 2.64. The van der Waals surface area contributed by atoms with Crippen molar-refractivity contribution in [3.05, 3.63) is 70.3 Å². The third kappa shape index (κ3) is 2.67. The molecule has 0 unspecified atom stereocenters. The van der Waals surface area contributed by atoms with Gasteiger partial charge in [-0.05, 0) is 37.6 Å². The van der Waals surface area contributed by atoms with E-state index >= 15 is 0 Å². The van der Waals surface area contributed by atoms with Gasteiger partial charge in [0.05, 0.1) is 16.6 Å². The van der Waals surface area contributed by atoms with Gasteiger partial charge in [-0.15, -0.1) is 0 Å². The van der Waals surface area contributed by atoms with E-state index in [4.69, 9.17) is 4.98 Å². The van der Waals surface area contributed by atoms with Gasteiger partial charge in [-0.1, -0.05) is 43.2 Å². The van der Waals surface area contributed by atoms with Crippen LogP contribution in [0.3, 0.4) is 0 Å². The first kappa shape index (κ1) is 14.5. The highest BCUT2D eigenvalue weighted by Gasteiger charge is 2.12. The summed E-state index contributed by atoms with van der Waals surface area (Å²) in [6, 6.07) is 15.6. The molecule has 0 aliphatic heterocycles. The summed E-state index contributed by atoms with van der Waals surface area (Å²) in [5.41, 5.74) is 2.86. The molecule has 3 rings (SSSR count). The summed E-state index contributed by atoms with van der Waals surface area (Å²) in [4.78, 5) is 17.7. The molecule has 2 aromatic carbocycles. The van der Waals surface area contributed by atoms with Crippen molar-refractivity contribution in [2.75, 3.05) is 0 Å². The van der Waals surface area contributed by atoms with Crippen molar-refractivity contribution in [2.24, 2.45) is 0 Å². The van der Waals surface area contributed by atoms with E-state index in [1.165, 1.54) is 5.56 Å². The fraction of sp³-hybridized carbons (Fsp3) is 0.263. The third-order valence-corrected chi connectivity index (χ3v) is 3.89. The maximum absolute atomic E-state index is 12.9. The average Bonchev–Trinajstić information content (AvgIpc) is 2.54. The van der Waals surface area contributed by atoms with Crippen molar-refractivity contribution in [3.63, 3.8) is 0 Å². The maximum Gasteiger partial charge on any atom is 0.265 e. The summed E-state index contributed by atoms with van der Waals surface area (Å²) >= 11 is 0. The number of fused-ring (bicyclic) bond motifs is 1. The van der Waals surface area contributed by atoms with Crippen LogP contribution in [0.4, 0.5) is 0 Å². The molecule has 3 aromatic rings. The Hall–Kier alpha value is -2.42. The highest BCUT2D eigenvalue weighted by atomic mass is 16.1. The SMILES string of the molecule is CCCCc1nc2ccccc2c(=O)n1-c1ccc(C)cc1. The number of para-hydroxylation sites is 1. The summed E-state index contributed by atoms with van der Waals surface area (Å²) < 4.78 is 1.76. The summed E-state index contributed by atoms with van der Waals surface area (Å²) in [7, 11) is 0. The number of hydrogen-bond donors (Lipinski definition) is 0. The lowest BCUT2D eigenvalue weighted by atomic mass is 10.1. The highest BCUT2D eigenvalue weighted by molar-refractivity contribution is 5.77. The van der Waals surface area contributed by atoms with Gasteiger partial charge in [0, 0.05) is 6.42 Å². The van der Waals surface area contributed by atoms with Crippen molar-refractivity contribution in [1.82, 2.24) is 9.55 Å². The zero-order valence-corrected chi connectivity index (χ0v) is 13.0. The van der Waals surface area contributed by atoms with E-state index in [2.05, 4.69) is 6.92 Å². The zero-order valence-electron chi connectivity index (χ0n) is 13.0. The van der Waals surface area contributed by atoms with Gasteiger partial charge in [0.15, 0.2) is 0 Å². The van der Waals surface area contributed by atoms with Gasteiger partial charge in [-0.3, -0.25) is 9.36 Å². The standard InChI is InChI=1S/C19H20N2O/c1-3-4-9-18-20-17-8-6-5-7-16(17)19(22)21(18)15-12-10-14(2)11-13-15/h5-8,10-13H,3-4,9H2,1-2H3. The molecule has 0 saturated heterocycles. The molecule has 0 N–H and O–H groups in total. The Balaban J connectivity index is 2.27. The van der Waals surface area contributed by atoms with Gasteiger partial charge in [0.2, 0.25) is 0 Å². The van der Waals surface area contributed by atoms with Gasteiger partial charge in [-0.25, -0.2) is 4.98 Å². The topological polar surface area (TPSA) is 34.9 Å². The number of aryl methyl sites for hydroxylation is 2. The molecule has 3 nitrogen and oxygen atoms in total. The van der Waals surface area contributed by atoms with Crippen LogP contribution < -0.4 is 5.56 Å². The second-order valence-electron chi connectivity index (χ2n) is 5.62. The predicted molar refractivity (Wildman–Crippen MR) is 90.7 cm³/mol. The Morgan fingerprint density at radius 3 is 2.50 bits per heavy atom. The average molecular weight is 292 g/mol. The Kier molecular flexibility index (Phi) is 4.05. The van der Waals surface area contributed by atoms with Gasteiger partial charge < -0.3 is 0 Å². The molecule has 1 heterocycles. The smallest absolute Gasteiger partial charge is 0.265 e. The minimum Gasteiger partial charge on any atom is -0.268 e. The van der Waals surface area contributed by atoms with E-state index in [0.29, 0.717) is 5.39 Å². The van der Waals surface area contributed by atoms with Crippen LogP contribution in [0.2, 0.25) is 0 Å². The molecule has 0 saturated carbocycles. The first-order valence-corrected chi connectivity index (χ1v) is 7.78. The van der Waals surface area contributed by atoms with Gasteiger partial charge in [-0.2, -0.15) is 0 Å². The number of benzene rings is 2. The van der Waals surface area contributed by atoms with Crippen LogP contribution >= 0.6 is 0 Å². The zero-order chi connectivity index (χ0) is 15.5. The van der Waals surface area contributed by atoms with E-state index in [9.17, 15) is 4.79 Å². The van der Waals surface area contributed by atoms with E-state index < -0.39 is 0 Å². The molecular weight excluding hydrogens is 272 g/mol. The quantitative estimate of drug-likeness (QED) is 0.727. The lowest BCUT2D eigenvalue weighted by Crippen LogP contribution is -2.24.